The molecule has 1 atom stereocenters. The van der Waals surface area contributed by atoms with Crippen LogP contribution in [0.3, 0.4) is 0 Å². The third-order valence-corrected chi connectivity index (χ3v) is 4.39. The standard InChI is InChI=1S/C16H22BrF3N2O/c1-2-3-4-15(22-7-5-21-6-8-22)12-9-13(17)11-14(10-12)23-16(18,19)20/h9-11,15,21H,2-8H2,1H3/t15-/m0/s1. The lowest BCUT2D eigenvalue weighted by molar-refractivity contribution is -0.274. The summed E-state index contributed by atoms with van der Waals surface area (Å²) in [6.07, 6.45) is -1.65. The Morgan fingerprint density at radius 2 is 1.96 bits per heavy atom. The molecule has 1 aliphatic rings. The van der Waals surface area contributed by atoms with Gasteiger partial charge < -0.3 is 10.1 Å². The predicted molar refractivity (Wildman–Crippen MR) is 87.5 cm³/mol. The average molecular weight is 395 g/mol. The van der Waals surface area contributed by atoms with Crippen molar-refractivity contribution in [2.75, 3.05) is 26.2 Å². The molecule has 0 amide bonds. The third kappa shape index (κ3) is 5.97. The van der Waals surface area contributed by atoms with Crippen LogP contribution in [0.4, 0.5) is 13.2 Å². The maximum absolute atomic E-state index is 12.5. The minimum absolute atomic E-state index is 0.116. The van der Waals surface area contributed by atoms with Crippen LogP contribution in [0.5, 0.6) is 5.75 Å². The van der Waals surface area contributed by atoms with Crippen molar-refractivity contribution in [3.63, 3.8) is 0 Å². The summed E-state index contributed by atoms with van der Waals surface area (Å²) in [6, 6.07) is 4.88. The van der Waals surface area contributed by atoms with Gasteiger partial charge in [0.1, 0.15) is 5.75 Å². The predicted octanol–water partition coefficient (Wildman–Crippen LogP) is 4.48. The molecule has 1 heterocycles. The molecule has 130 valence electrons. The fourth-order valence-corrected chi connectivity index (χ4v) is 3.41. The van der Waals surface area contributed by atoms with E-state index in [9.17, 15) is 13.2 Å². The molecule has 1 aromatic carbocycles. The summed E-state index contributed by atoms with van der Waals surface area (Å²) < 4.78 is 42.2. The molecule has 1 aromatic rings. The van der Waals surface area contributed by atoms with E-state index >= 15 is 0 Å². The normalized spacial score (nSPS) is 18.0. The van der Waals surface area contributed by atoms with Crippen molar-refractivity contribution in [1.29, 1.82) is 0 Å². The van der Waals surface area contributed by atoms with Gasteiger partial charge in [0.15, 0.2) is 0 Å². The minimum Gasteiger partial charge on any atom is -0.406 e. The highest BCUT2D eigenvalue weighted by molar-refractivity contribution is 9.10. The first kappa shape index (κ1) is 18.5. The molecule has 0 saturated carbocycles. The number of hydrogen-bond acceptors (Lipinski definition) is 3. The number of hydrogen-bond donors (Lipinski definition) is 1. The van der Waals surface area contributed by atoms with Crippen LogP contribution < -0.4 is 10.1 Å². The highest BCUT2D eigenvalue weighted by Gasteiger charge is 2.32. The second-order valence-electron chi connectivity index (χ2n) is 5.71. The van der Waals surface area contributed by atoms with E-state index in [1.54, 1.807) is 0 Å². The number of ether oxygens (including phenoxy) is 1. The molecule has 2 rings (SSSR count). The Morgan fingerprint density at radius 3 is 2.57 bits per heavy atom. The van der Waals surface area contributed by atoms with E-state index in [-0.39, 0.29) is 11.8 Å². The summed E-state index contributed by atoms with van der Waals surface area (Å²) >= 11 is 3.30. The zero-order valence-corrected chi connectivity index (χ0v) is 14.7. The second kappa shape index (κ2) is 8.35. The Balaban J connectivity index is 2.25. The van der Waals surface area contributed by atoms with E-state index in [1.165, 1.54) is 12.1 Å². The van der Waals surface area contributed by atoms with Crippen LogP contribution in [0.2, 0.25) is 0 Å². The van der Waals surface area contributed by atoms with E-state index in [0.29, 0.717) is 4.47 Å². The Bertz CT molecular complexity index is 505. The number of rotatable bonds is 6. The van der Waals surface area contributed by atoms with Crippen molar-refractivity contribution in [3.8, 4) is 5.75 Å². The lowest BCUT2D eigenvalue weighted by atomic mass is 9.98. The molecular weight excluding hydrogens is 373 g/mol. The molecular formula is C16H22BrF3N2O. The van der Waals surface area contributed by atoms with E-state index in [2.05, 4.69) is 37.8 Å². The van der Waals surface area contributed by atoms with Gasteiger partial charge in [-0.05, 0) is 30.2 Å². The van der Waals surface area contributed by atoms with Gasteiger partial charge in [0, 0.05) is 36.7 Å². The van der Waals surface area contributed by atoms with Gasteiger partial charge in [-0.2, -0.15) is 0 Å². The van der Waals surface area contributed by atoms with Gasteiger partial charge in [0.2, 0.25) is 0 Å². The molecule has 23 heavy (non-hydrogen) atoms. The van der Waals surface area contributed by atoms with Gasteiger partial charge in [-0.25, -0.2) is 0 Å². The number of nitrogens with one attached hydrogen (secondary N) is 1. The summed E-state index contributed by atoms with van der Waals surface area (Å²) in [5.41, 5.74) is 0.869. The Morgan fingerprint density at radius 1 is 1.26 bits per heavy atom. The number of nitrogens with zero attached hydrogens (tertiary/aromatic N) is 1. The molecule has 3 nitrogen and oxygen atoms in total. The zero-order chi connectivity index (χ0) is 16.9. The van der Waals surface area contributed by atoms with Crippen molar-refractivity contribution in [3.05, 3.63) is 28.2 Å². The molecule has 1 fully saturated rings. The number of alkyl halides is 3. The number of piperazine rings is 1. The van der Waals surface area contributed by atoms with Crippen LogP contribution in [-0.4, -0.2) is 37.4 Å². The van der Waals surface area contributed by atoms with Crippen LogP contribution in [0, 0.1) is 0 Å². The number of benzene rings is 1. The molecule has 1 saturated heterocycles. The lowest BCUT2D eigenvalue weighted by Crippen LogP contribution is -2.45. The quantitative estimate of drug-likeness (QED) is 0.769. The van der Waals surface area contributed by atoms with E-state index in [0.717, 1.165) is 51.0 Å². The Hall–Kier alpha value is -0.790. The fourth-order valence-electron chi connectivity index (χ4n) is 2.92. The average Bonchev–Trinajstić information content (AvgIpc) is 2.46. The topological polar surface area (TPSA) is 24.5 Å². The van der Waals surface area contributed by atoms with Gasteiger partial charge in [-0.1, -0.05) is 35.7 Å². The van der Waals surface area contributed by atoms with Crippen molar-refractivity contribution < 1.29 is 17.9 Å². The van der Waals surface area contributed by atoms with Gasteiger partial charge >= 0.3 is 6.36 Å². The molecule has 0 bridgehead atoms. The van der Waals surface area contributed by atoms with Crippen LogP contribution in [0.15, 0.2) is 22.7 Å². The van der Waals surface area contributed by atoms with Crippen molar-refractivity contribution in [1.82, 2.24) is 10.2 Å². The summed E-state index contributed by atoms with van der Waals surface area (Å²) in [6.45, 7) is 5.73. The van der Waals surface area contributed by atoms with Crippen molar-refractivity contribution in [2.24, 2.45) is 0 Å². The summed E-state index contributed by atoms with van der Waals surface area (Å²) in [5, 5.41) is 3.31. The molecule has 0 aliphatic carbocycles. The van der Waals surface area contributed by atoms with Crippen LogP contribution in [0.1, 0.15) is 37.8 Å². The van der Waals surface area contributed by atoms with Gasteiger partial charge in [-0.3, -0.25) is 4.90 Å². The molecule has 0 radical (unpaired) electrons. The smallest absolute Gasteiger partial charge is 0.406 e. The van der Waals surface area contributed by atoms with Gasteiger partial charge in [-0.15, -0.1) is 13.2 Å². The highest BCUT2D eigenvalue weighted by atomic mass is 79.9. The highest BCUT2D eigenvalue weighted by Crippen LogP contribution is 2.34. The van der Waals surface area contributed by atoms with Crippen LogP contribution >= 0.6 is 15.9 Å². The van der Waals surface area contributed by atoms with E-state index < -0.39 is 6.36 Å². The number of halogens is 4. The molecule has 0 spiro atoms. The van der Waals surface area contributed by atoms with Crippen molar-refractivity contribution in [2.45, 2.75) is 38.6 Å². The molecule has 1 N–H and O–H groups in total. The molecule has 7 heteroatoms. The fraction of sp³-hybridized carbons (Fsp3) is 0.625. The van der Waals surface area contributed by atoms with Crippen LogP contribution in [0.25, 0.3) is 0 Å². The largest absolute Gasteiger partial charge is 0.573 e. The Labute approximate surface area is 143 Å². The molecule has 1 aliphatic heterocycles. The van der Waals surface area contributed by atoms with Crippen LogP contribution in [-0.2, 0) is 0 Å². The summed E-state index contributed by atoms with van der Waals surface area (Å²) in [4.78, 5) is 2.34. The first-order valence-corrected chi connectivity index (χ1v) is 8.69. The third-order valence-electron chi connectivity index (χ3n) is 3.94. The van der Waals surface area contributed by atoms with Crippen molar-refractivity contribution >= 4 is 15.9 Å². The lowest BCUT2D eigenvalue weighted by Gasteiger charge is -2.35. The van der Waals surface area contributed by atoms with Gasteiger partial charge in [0.05, 0.1) is 0 Å². The Kier molecular flexibility index (Phi) is 6.73. The van der Waals surface area contributed by atoms with E-state index in [1.807, 2.05) is 6.07 Å². The molecule has 0 aromatic heterocycles. The summed E-state index contributed by atoms with van der Waals surface area (Å²) in [5.74, 6) is -0.168. The molecule has 0 unspecified atom stereocenters. The van der Waals surface area contributed by atoms with Gasteiger partial charge in [0.25, 0.3) is 0 Å². The maximum atomic E-state index is 12.5. The first-order valence-electron chi connectivity index (χ1n) is 7.90. The monoisotopic (exact) mass is 394 g/mol. The SMILES string of the molecule is CCCC[C@@H](c1cc(Br)cc(OC(F)(F)F)c1)N1CCNCC1. The number of unbranched alkanes of at least 4 members (excludes halogenated alkanes) is 1. The zero-order valence-electron chi connectivity index (χ0n) is 13.1. The minimum atomic E-state index is -4.67. The maximum Gasteiger partial charge on any atom is 0.573 e. The summed E-state index contributed by atoms with van der Waals surface area (Å²) in [7, 11) is 0. The second-order valence-corrected chi connectivity index (χ2v) is 6.63. The van der Waals surface area contributed by atoms with E-state index in [4.69, 9.17) is 0 Å². The first-order chi connectivity index (χ1) is 10.9.